The Morgan fingerprint density at radius 3 is 1.45 bits per heavy atom. The lowest BCUT2D eigenvalue weighted by Gasteiger charge is -2.17. The highest BCUT2D eigenvalue weighted by Gasteiger charge is 2.26. The second-order valence-corrected chi connectivity index (χ2v) is 13.0. The van der Waals surface area contributed by atoms with Crippen LogP contribution in [0.25, 0.3) is 0 Å². The Hall–Kier alpha value is -1.06. The Labute approximate surface area is 281 Å². The van der Waals surface area contributed by atoms with E-state index in [1.807, 2.05) is 67.8 Å². The van der Waals surface area contributed by atoms with Crippen LogP contribution in [0.2, 0.25) is 0 Å². The van der Waals surface area contributed by atoms with Crippen molar-refractivity contribution in [3.63, 3.8) is 0 Å². The first-order chi connectivity index (χ1) is 19.2. The van der Waals surface area contributed by atoms with Crippen molar-refractivity contribution in [2.45, 2.75) is 116 Å². The molecule has 0 aromatic heterocycles. The van der Waals surface area contributed by atoms with Gasteiger partial charge in [0.15, 0.2) is 0 Å². The van der Waals surface area contributed by atoms with Gasteiger partial charge in [0.1, 0.15) is 0 Å². The number of halogens is 3. The molecule has 0 heterocycles. The number of hydrogen-bond donors (Lipinski definition) is 3. The molecule has 5 N–H and O–H groups in total. The van der Waals surface area contributed by atoms with Crippen molar-refractivity contribution < 1.29 is 14.4 Å². The number of rotatable bonds is 19. The molecule has 0 saturated heterocycles. The van der Waals surface area contributed by atoms with E-state index in [0.29, 0.717) is 22.8 Å². The van der Waals surface area contributed by atoms with E-state index in [9.17, 15) is 14.4 Å². The quantitative estimate of drug-likeness (QED) is 0.0738. The van der Waals surface area contributed by atoms with E-state index in [1.54, 1.807) is 0 Å². The average molecular weight is 885 g/mol. The standard InChI is InChI=1S/C31H42I3N3O3/c1-2-3-4-5-6-7-8-9-10-11-12-13-14-15-16-17-18-19-20-21-22-23(38)37-29-27(33)24(30(35)39)26(32)25(28(29)34)31(36)40/h2-10,15-22H2,1H3,(H2,35,39)(H2,36,40)(H,37,38). The molecule has 0 radical (unpaired) electrons. The molecule has 0 spiro atoms. The fourth-order valence-electron chi connectivity index (χ4n) is 4.18. The fourth-order valence-corrected chi connectivity index (χ4v) is 8.67. The summed E-state index contributed by atoms with van der Waals surface area (Å²) in [5.41, 5.74) is 11.8. The molecule has 9 heteroatoms. The van der Waals surface area contributed by atoms with E-state index in [2.05, 4.69) is 35.9 Å². The van der Waals surface area contributed by atoms with Crippen molar-refractivity contribution in [2.75, 3.05) is 5.32 Å². The Morgan fingerprint density at radius 2 is 1.02 bits per heavy atom. The van der Waals surface area contributed by atoms with E-state index >= 15 is 0 Å². The number of unbranched alkanes of at least 4 members (excludes halogenated alkanes) is 14. The minimum atomic E-state index is -0.670. The van der Waals surface area contributed by atoms with Crippen molar-refractivity contribution in [3.8, 4) is 23.7 Å². The third-order valence-electron chi connectivity index (χ3n) is 6.42. The molecule has 40 heavy (non-hydrogen) atoms. The van der Waals surface area contributed by atoms with Gasteiger partial charge in [0.2, 0.25) is 5.91 Å². The average Bonchev–Trinajstić information content (AvgIpc) is 2.89. The molecule has 1 rings (SSSR count). The zero-order valence-corrected chi connectivity index (χ0v) is 30.0. The van der Waals surface area contributed by atoms with Crippen LogP contribution >= 0.6 is 67.8 Å². The van der Waals surface area contributed by atoms with E-state index < -0.39 is 11.8 Å². The molecule has 0 aliphatic carbocycles. The van der Waals surface area contributed by atoms with Gasteiger partial charge in [-0.05, 0) is 98.9 Å². The number of benzene rings is 1. The van der Waals surface area contributed by atoms with Crippen LogP contribution in [0, 0.1) is 34.4 Å². The molecule has 0 atom stereocenters. The van der Waals surface area contributed by atoms with Crippen LogP contribution in [0.1, 0.15) is 137 Å². The topological polar surface area (TPSA) is 115 Å². The lowest BCUT2D eigenvalue weighted by Crippen LogP contribution is -2.24. The second-order valence-electron chi connectivity index (χ2n) is 9.79. The van der Waals surface area contributed by atoms with Gasteiger partial charge in [-0.3, -0.25) is 14.4 Å². The molecule has 0 unspecified atom stereocenters. The van der Waals surface area contributed by atoms with Gasteiger partial charge in [-0.15, -0.1) is 0 Å². The van der Waals surface area contributed by atoms with Crippen LogP contribution in [-0.2, 0) is 4.79 Å². The maximum atomic E-state index is 12.6. The molecule has 1 aromatic carbocycles. The van der Waals surface area contributed by atoms with Gasteiger partial charge in [0.05, 0.1) is 24.0 Å². The van der Waals surface area contributed by atoms with E-state index in [0.717, 1.165) is 51.4 Å². The second kappa shape index (κ2) is 22.5. The van der Waals surface area contributed by atoms with Crippen LogP contribution in [0.15, 0.2) is 0 Å². The molecular weight excluding hydrogens is 843 g/mol. The lowest BCUT2D eigenvalue weighted by atomic mass is 10.1. The van der Waals surface area contributed by atoms with Crippen molar-refractivity contribution >= 4 is 91.2 Å². The van der Waals surface area contributed by atoms with Gasteiger partial charge in [0.25, 0.3) is 11.8 Å². The van der Waals surface area contributed by atoms with Gasteiger partial charge in [-0.1, -0.05) is 89.4 Å². The number of nitrogens with one attached hydrogen (secondary N) is 1. The summed E-state index contributed by atoms with van der Waals surface area (Å²) in [7, 11) is 0. The summed E-state index contributed by atoms with van der Waals surface area (Å²) < 4.78 is 1.42. The number of nitrogens with two attached hydrogens (primary N) is 2. The third-order valence-corrected chi connectivity index (χ3v) is 9.66. The first kappa shape index (κ1) is 37.0. The molecule has 0 fully saturated rings. The van der Waals surface area contributed by atoms with Crippen molar-refractivity contribution in [2.24, 2.45) is 11.5 Å². The van der Waals surface area contributed by atoms with Crippen LogP contribution in [-0.4, -0.2) is 17.7 Å². The SMILES string of the molecule is CCCCCCCCCCC#CC#CCCCCCCCCC(=O)Nc1c(I)c(C(N)=O)c(I)c(C(N)=O)c1I. The Bertz CT molecular complexity index is 1070. The first-order valence-electron chi connectivity index (χ1n) is 14.3. The molecule has 3 amide bonds. The predicted octanol–water partition coefficient (Wildman–Crippen LogP) is 8.30. The maximum absolute atomic E-state index is 12.6. The number of hydrogen-bond acceptors (Lipinski definition) is 3. The fraction of sp³-hybridized carbons (Fsp3) is 0.581. The van der Waals surface area contributed by atoms with E-state index in [-0.39, 0.29) is 17.0 Å². The van der Waals surface area contributed by atoms with E-state index in [1.165, 1.54) is 51.4 Å². The molecule has 0 aliphatic heterocycles. The van der Waals surface area contributed by atoms with Gasteiger partial charge in [0, 0.05) is 22.8 Å². The smallest absolute Gasteiger partial charge is 0.250 e. The molecule has 220 valence electrons. The highest BCUT2D eigenvalue weighted by atomic mass is 127. The van der Waals surface area contributed by atoms with Crippen LogP contribution in [0.3, 0.4) is 0 Å². The van der Waals surface area contributed by atoms with E-state index in [4.69, 9.17) is 11.5 Å². The Morgan fingerprint density at radius 1 is 0.625 bits per heavy atom. The van der Waals surface area contributed by atoms with Gasteiger partial charge >= 0.3 is 0 Å². The first-order valence-corrected chi connectivity index (χ1v) is 17.5. The normalized spacial score (nSPS) is 10.3. The van der Waals surface area contributed by atoms with Crippen LogP contribution < -0.4 is 16.8 Å². The zero-order valence-electron chi connectivity index (χ0n) is 23.5. The van der Waals surface area contributed by atoms with Crippen molar-refractivity contribution in [3.05, 3.63) is 21.8 Å². The molecular formula is C31H42I3N3O3. The molecule has 6 nitrogen and oxygen atoms in total. The molecule has 1 aromatic rings. The summed E-state index contributed by atoms with van der Waals surface area (Å²) in [4.78, 5) is 36.5. The number of carbonyl (C=O) groups is 3. The summed E-state index contributed by atoms with van der Waals surface area (Å²) in [6.45, 7) is 2.25. The Kier molecular flexibility index (Phi) is 20.8. The van der Waals surface area contributed by atoms with Gasteiger partial charge < -0.3 is 16.8 Å². The van der Waals surface area contributed by atoms with Gasteiger partial charge in [-0.25, -0.2) is 0 Å². The van der Waals surface area contributed by atoms with Crippen molar-refractivity contribution in [1.82, 2.24) is 0 Å². The monoisotopic (exact) mass is 885 g/mol. The molecule has 0 saturated carbocycles. The van der Waals surface area contributed by atoms with Gasteiger partial charge in [-0.2, -0.15) is 0 Å². The predicted molar refractivity (Wildman–Crippen MR) is 190 cm³/mol. The Balaban J connectivity index is 2.22. The summed E-state index contributed by atoms with van der Waals surface area (Å²) in [6, 6.07) is 0. The number of anilines is 1. The van der Waals surface area contributed by atoms with Crippen molar-refractivity contribution in [1.29, 1.82) is 0 Å². The minimum absolute atomic E-state index is 0.165. The highest BCUT2D eigenvalue weighted by molar-refractivity contribution is 14.1. The van der Waals surface area contributed by atoms with Crippen LogP contribution in [0.4, 0.5) is 5.69 Å². The zero-order chi connectivity index (χ0) is 29.8. The summed E-state index contributed by atoms with van der Waals surface area (Å²) in [5, 5.41) is 2.86. The lowest BCUT2D eigenvalue weighted by molar-refractivity contribution is -0.116. The summed E-state index contributed by atoms with van der Waals surface area (Å²) in [5.74, 6) is 10.8. The molecule has 0 aliphatic rings. The highest BCUT2D eigenvalue weighted by Crippen LogP contribution is 2.35. The minimum Gasteiger partial charge on any atom is -0.366 e. The number of primary amides is 2. The summed E-state index contributed by atoms with van der Waals surface area (Å²) >= 11 is 5.84. The van der Waals surface area contributed by atoms with Crippen LogP contribution in [0.5, 0.6) is 0 Å². The maximum Gasteiger partial charge on any atom is 0.250 e. The third kappa shape index (κ3) is 14.7. The summed E-state index contributed by atoms with van der Waals surface area (Å²) in [6.07, 6.45) is 18.9. The molecule has 0 bridgehead atoms. The number of carbonyl (C=O) groups excluding carboxylic acids is 3. The number of amides is 3. The largest absolute Gasteiger partial charge is 0.366 e.